The van der Waals surface area contributed by atoms with Gasteiger partial charge in [-0.05, 0) is 45.4 Å². The maximum atomic E-state index is 11.8. The highest BCUT2D eigenvalue weighted by Gasteiger charge is 2.14. The first-order chi connectivity index (χ1) is 11.3. The molecule has 6 nitrogen and oxygen atoms in total. The molecule has 0 heterocycles. The van der Waals surface area contributed by atoms with Gasteiger partial charge in [0.25, 0.3) is 0 Å². The highest BCUT2D eigenvalue weighted by Crippen LogP contribution is 2.24. The molecule has 0 aliphatic carbocycles. The standard InChI is InChI=1S/C18H28N2O4/c1-5-6-18(23)20-14-7-8-17(16(9-14)13(4)21)24-11-15(22)10-19-12(2)3/h7-9,12,15,19,22H,5-6,10-11H2,1-4H3,(H,20,23)/p+1/t15-/m0/s1. The third-order valence-corrected chi connectivity index (χ3v) is 3.43. The summed E-state index contributed by atoms with van der Waals surface area (Å²) in [6, 6.07) is 5.36. The first-order valence-electron chi connectivity index (χ1n) is 8.42. The minimum absolute atomic E-state index is 0.0830. The SMILES string of the molecule is CCCC(=O)Nc1ccc(OC[C@@H](O)C[NH2+]C(C)C)c(C(C)=O)c1. The number of anilines is 1. The van der Waals surface area contributed by atoms with Crippen LogP contribution in [0.15, 0.2) is 18.2 Å². The Balaban J connectivity index is 2.73. The number of ether oxygens (including phenoxy) is 1. The van der Waals surface area contributed by atoms with E-state index in [1.807, 2.05) is 26.1 Å². The average Bonchev–Trinajstić information content (AvgIpc) is 2.51. The molecule has 0 aromatic heterocycles. The number of carbonyl (C=O) groups excluding carboxylic acids is 2. The van der Waals surface area contributed by atoms with Crippen molar-refractivity contribution in [3.05, 3.63) is 23.8 Å². The summed E-state index contributed by atoms with van der Waals surface area (Å²) < 4.78 is 5.60. The summed E-state index contributed by atoms with van der Waals surface area (Å²) in [5.74, 6) is 0.180. The molecule has 134 valence electrons. The van der Waals surface area contributed by atoms with E-state index in [2.05, 4.69) is 5.32 Å². The number of ketones is 1. The molecule has 1 aromatic rings. The van der Waals surface area contributed by atoms with E-state index in [9.17, 15) is 14.7 Å². The number of nitrogens with one attached hydrogen (secondary N) is 1. The fraction of sp³-hybridized carbons (Fsp3) is 0.556. The van der Waals surface area contributed by atoms with Crippen LogP contribution in [0.5, 0.6) is 5.75 Å². The van der Waals surface area contributed by atoms with E-state index in [1.165, 1.54) is 6.92 Å². The number of nitrogens with two attached hydrogens (primary N) is 1. The van der Waals surface area contributed by atoms with E-state index in [0.29, 0.717) is 36.0 Å². The Morgan fingerprint density at radius 3 is 2.62 bits per heavy atom. The number of aliphatic hydroxyl groups is 1. The van der Waals surface area contributed by atoms with Gasteiger partial charge in [-0.3, -0.25) is 9.59 Å². The monoisotopic (exact) mass is 337 g/mol. The number of hydrogen-bond donors (Lipinski definition) is 3. The molecule has 0 spiro atoms. The van der Waals surface area contributed by atoms with Gasteiger partial charge in [0, 0.05) is 12.1 Å². The summed E-state index contributed by atoms with van der Waals surface area (Å²) in [7, 11) is 0. The third-order valence-electron chi connectivity index (χ3n) is 3.43. The highest BCUT2D eigenvalue weighted by molar-refractivity contribution is 5.99. The Morgan fingerprint density at radius 2 is 2.04 bits per heavy atom. The van der Waals surface area contributed by atoms with Crippen LogP contribution < -0.4 is 15.4 Å². The van der Waals surface area contributed by atoms with Crippen LogP contribution in [-0.4, -0.2) is 42.1 Å². The first kappa shape index (κ1) is 20.1. The number of aliphatic hydroxyl groups excluding tert-OH is 1. The predicted octanol–water partition coefficient (Wildman–Crippen LogP) is 1.34. The molecule has 1 rings (SSSR count). The van der Waals surface area contributed by atoms with Crippen molar-refractivity contribution in [1.29, 1.82) is 0 Å². The lowest BCUT2D eigenvalue weighted by Gasteiger charge is -2.15. The Bertz CT molecular complexity index is 558. The van der Waals surface area contributed by atoms with Gasteiger partial charge in [-0.25, -0.2) is 0 Å². The predicted molar refractivity (Wildman–Crippen MR) is 93.4 cm³/mol. The summed E-state index contributed by atoms with van der Waals surface area (Å²) in [6.07, 6.45) is 0.584. The highest BCUT2D eigenvalue weighted by atomic mass is 16.5. The van der Waals surface area contributed by atoms with Crippen molar-refractivity contribution >= 4 is 17.4 Å². The van der Waals surface area contributed by atoms with E-state index in [-0.39, 0.29) is 18.3 Å². The van der Waals surface area contributed by atoms with Crippen molar-refractivity contribution < 1.29 is 24.7 Å². The second-order valence-corrected chi connectivity index (χ2v) is 6.25. The van der Waals surface area contributed by atoms with E-state index < -0.39 is 6.10 Å². The maximum Gasteiger partial charge on any atom is 0.224 e. The zero-order valence-corrected chi connectivity index (χ0v) is 15.0. The fourth-order valence-corrected chi connectivity index (χ4v) is 2.14. The molecule has 1 amide bonds. The van der Waals surface area contributed by atoms with Crippen LogP contribution in [0, 0.1) is 0 Å². The van der Waals surface area contributed by atoms with Crippen molar-refractivity contribution in [2.75, 3.05) is 18.5 Å². The Morgan fingerprint density at radius 1 is 1.33 bits per heavy atom. The molecule has 0 fully saturated rings. The van der Waals surface area contributed by atoms with Crippen molar-refractivity contribution in [2.45, 2.75) is 52.7 Å². The van der Waals surface area contributed by atoms with Crippen molar-refractivity contribution in [3.63, 3.8) is 0 Å². The molecule has 6 heteroatoms. The molecule has 0 aliphatic heterocycles. The summed E-state index contributed by atoms with van der Waals surface area (Å²) in [4.78, 5) is 23.5. The minimum atomic E-state index is -0.615. The zero-order valence-electron chi connectivity index (χ0n) is 15.0. The third kappa shape index (κ3) is 7.10. The molecular formula is C18H29N2O4+. The molecule has 0 saturated carbocycles. The van der Waals surface area contributed by atoms with Crippen LogP contribution in [-0.2, 0) is 4.79 Å². The van der Waals surface area contributed by atoms with Gasteiger partial charge < -0.3 is 20.5 Å². The van der Waals surface area contributed by atoms with Gasteiger partial charge in [0.2, 0.25) is 5.91 Å². The minimum Gasteiger partial charge on any atom is -0.490 e. The molecule has 0 bridgehead atoms. The smallest absolute Gasteiger partial charge is 0.224 e. The van der Waals surface area contributed by atoms with E-state index in [1.54, 1.807) is 18.2 Å². The lowest BCUT2D eigenvalue weighted by molar-refractivity contribution is -0.688. The van der Waals surface area contributed by atoms with Gasteiger partial charge in [0.05, 0.1) is 11.6 Å². The van der Waals surface area contributed by atoms with Gasteiger partial charge in [0.15, 0.2) is 5.78 Å². The quantitative estimate of drug-likeness (QED) is 0.562. The van der Waals surface area contributed by atoms with Crippen LogP contribution >= 0.6 is 0 Å². The average molecular weight is 337 g/mol. The molecule has 0 aliphatic rings. The number of Topliss-reactive ketones (excluding diaryl/α,β-unsaturated/α-hetero) is 1. The van der Waals surface area contributed by atoms with Crippen LogP contribution in [0.4, 0.5) is 5.69 Å². The molecule has 1 atom stereocenters. The van der Waals surface area contributed by atoms with Crippen LogP contribution in [0.25, 0.3) is 0 Å². The van der Waals surface area contributed by atoms with Gasteiger partial charge in [-0.2, -0.15) is 0 Å². The second-order valence-electron chi connectivity index (χ2n) is 6.25. The molecule has 0 unspecified atom stereocenters. The Labute approximate surface area is 143 Å². The molecule has 0 saturated heterocycles. The van der Waals surface area contributed by atoms with Gasteiger partial charge in [-0.1, -0.05) is 6.92 Å². The normalized spacial score (nSPS) is 12.1. The molecule has 24 heavy (non-hydrogen) atoms. The lowest BCUT2D eigenvalue weighted by atomic mass is 10.1. The summed E-state index contributed by atoms with van der Waals surface area (Å²) >= 11 is 0. The van der Waals surface area contributed by atoms with Crippen LogP contribution in [0.2, 0.25) is 0 Å². The number of quaternary nitrogens is 1. The van der Waals surface area contributed by atoms with Crippen molar-refractivity contribution in [2.24, 2.45) is 0 Å². The number of benzene rings is 1. The number of rotatable bonds is 10. The number of carbonyl (C=O) groups is 2. The molecule has 4 N–H and O–H groups in total. The van der Waals surface area contributed by atoms with Crippen LogP contribution in [0.3, 0.4) is 0 Å². The van der Waals surface area contributed by atoms with Gasteiger partial charge in [-0.15, -0.1) is 0 Å². The molecule has 0 radical (unpaired) electrons. The van der Waals surface area contributed by atoms with Crippen molar-refractivity contribution in [1.82, 2.24) is 0 Å². The number of amides is 1. The topological polar surface area (TPSA) is 92.2 Å². The maximum absolute atomic E-state index is 11.8. The number of hydrogen-bond acceptors (Lipinski definition) is 4. The summed E-state index contributed by atoms with van der Waals surface area (Å²) in [5, 5.41) is 14.7. The fourth-order valence-electron chi connectivity index (χ4n) is 2.14. The summed E-state index contributed by atoms with van der Waals surface area (Å²) in [5.41, 5.74) is 0.962. The van der Waals surface area contributed by atoms with Gasteiger partial charge in [0.1, 0.15) is 25.0 Å². The van der Waals surface area contributed by atoms with Gasteiger partial charge >= 0.3 is 0 Å². The summed E-state index contributed by atoms with van der Waals surface area (Å²) in [6.45, 7) is 8.13. The first-order valence-corrected chi connectivity index (χ1v) is 8.42. The Kier molecular flexibility index (Phi) is 8.43. The Hall–Kier alpha value is -1.92. The molecule has 1 aromatic carbocycles. The largest absolute Gasteiger partial charge is 0.490 e. The van der Waals surface area contributed by atoms with E-state index in [0.717, 1.165) is 6.42 Å². The second kappa shape index (κ2) is 10.1. The van der Waals surface area contributed by atoms with E-state index in [4.69, 9.17) is 4.74 Å². The van der Waals surface area contributed by atoms with Crippen molar-refractivity contribution in [3.8, 4) is 5.75 Å². The van der Waals surface area contributed by atoms with E-state index >= 15 is 0 Å². The lowest BCUT2D eigenvalue weighted by Crippen LogP contribution is -2.90. The zero-order chi connectivity index (χ0) is 18.1. The van der Waals surface area contributed by atoms with Crippen LogP contribution in [0.1, 0.15) is 50.9 Å². The molecular weight excluding hydrogens is 308 g/mol.